The highest BCUT2D eigenvalue weighted by atomic mass is 19.4. The highest BCUT2D eigenvalue weighted by molar-refractivity contribution is 4.84. The number of halogens is 6. The normalized spacial score (nSPS) is 26.6. The smallest absolute Gasteiger partial charge is 0.271 e. The molecule has 0 aromatic heterocycles. The topological polar surface area (TPSA) is 38.0 Å². The zero-order chi connectivity index (χ0) is 15.4. The SMILES string of the molecule is NNC(CCCC(F)(F)F)C1CCCC(C(F)(F)F)C1. The molecule has 0 heterocycles. The lowest BCUT2D eigenvalue weighted by Gasteiger charge is -2.35. The van der Waals surface area contributed by atoms with Gasteiger partial charge >= 0.3 is 12.4 Å². The zero-order valence-corrected chi connectivity index (χ0v) is 11.0. The van der Waals surface area contributed by atoms with E-state index >= 15 is 0 Å². The molecule has 3 atom stereocenters. The van der Waals surface area contributed by atoms with Crippen LogP contribution in [0.5, 0.6) is 0 Å². The summed E-state index contributed by atoms with van der Waals surface area (Å²) in [5.74, 6) is 3.62. The van der Waals surface area contributed by atoms with E-state index in [9.17, 15) is 26.3 Å². The van der Waals surface area contributed by atoms with E-state index in [1.807, 2.05) is 0 Å². The second kappa shape index (κ2) is 6.98. The van der Waals surface area contributed by atoms with E-state index in [4.69, 9.17) is 5.84 Å². The van der Waals surface area contributed by atoms with E-state index in [0.29, 0.717) is 12.8 Å². The van der Waals surface area contributed by atoms with Gasteiger partial charge in [0.1, 0.15) is 0 Å². The minimum atomic E-state index is -4.24. The van der Waals surface area contributed by atoms with Gasteiger partial charge in [0.25, 0.3) is 0 Å². The van der Waals surface area contributed by atoms with E-state index < -0.39 is 30.7 Å². The van der Waals surface area contributed by atoms with Gasteiger partial charge in [-0.15, -0.1) is 0 Å². The summed E-state index contributed by atoms with van der Waals surface area (Å²) in [6, 6.07) is -0.484. The van der Waals surface area contributed by atoms with Gasteiger partial charge in [-0.1, -0.05) is 6.42 Å². The van der Waals surface area contributed by atoms with Gasteiger partial charge in [0.15, 0.2) is 0 Å². The molecule has 3 N–H and O–H groups in total. The van der Waals surface area contributed by atoms with Crippen molar-refractivity contribution in [3.63, 3.8) is 0 Å². The first-order chi connectivity index (χ1) is 9.13. The highest BCUT2D eigenvalue weighted by Gasteiger charge is 2.43. The number of nitrogens with one attached hydrogen (secondary N) is 1. The van der Waals surface area contributed by atoms with Crippen molar-refractivity contribution in [3.8, 4) is 0 Å². The Morgan fingerprint density at radius 3 is 2.25 bits per heavy atom. The first-order valence-electron chi connectivity index (χ1n) is 6.73. The third-order valence-corrected chi connectivity index (χ3v) is 3.94. The van der Waals surface area contributed by atoms with Crippen molar-refractivity contribution in [2.75, 3.05) is 0 Å². The molecule has 0 radical (unpaired) electrons. The molecule has 120 valence electrons. The van der Waals surface area contributed by atoms with E-state index in [0.717, 1.165) is 0 Å². The number of hydrogen-bond acceptors (Lipinski definition) is 2. The largest absolute Gasteiger partial charge is 0.391 e. The van der Waals surface area contributed by atoms with Gasteiger partial charge in [0.05, 0.1) is 5.92 Å². The molecule has 1 aliphatic rings. The number of rotatable bonds is 5. The van der Waals surface area contributed by atoms with Crippen molar-refractivity contribution in [2.45, 2.75) is 63.3 Å². The monoisotopic (exact) mass is 306 g/mol. The maximum Gasteiger partial charge on any atom is 0.391 e. The molecule has 1 rings (SSSR count). The Balaban J connectivity index is 2.48. The fourth-order valence-corrected chi connectivity index (χ4v) is 2.87. The molecule has 3 unspecified atom stereocenters. The van der Waals surface area contributed by atoms with E-state index in [1.54, 1.807) is 0 Å². The third kappa shape index (κ3) is 5.87. The maximum absolute atomic E-state index is 12.7. The molecular formula is C12H20F6N2. The van der Waals surface area contributed by atoms with Crippen LogP contribution in [0.15, 0.2) is 0 Å². The molecule has 0 amide bonds. The summed E-state index contributed by atoms with van der Waals surface area (Å²) in [4.78, 5) is 0. The molecule has 2 nitrogen and oxygen atoms in total. The van der Waals surface area contributed by atoms with Crippen molar-refractivity contribution in [2.24, 2.45) is 17.7 Å². The fourth-order valence-electron chi connectivity index (χ4n) is 2.87. The Labute approximate surface area is 114 Å². The Bertz CT molecular complexity index is 289. The molecule has 0 spiro atoms. The van der Waals surface area contributed by atoms with Gasteiger partial charge in [0.2, 0.25) is 0 Å². The van der Waals surface area contributed by atoms with Gasteiger partial charge in [-0.25, -0.2) is 0 Å². The summed E-state index contributed by atoms with van der Waals surface area (Å²) >= 11 is 0. The number of nitrogens with two attached hydrogens (primary N) is 1. The van der Waals surface area contributed by atoms with Crippen LogP contribution in [0.1, 0.15) is 44.9 Å². The molecule has 0 bridgehead atoms. The van der Waals surface area contributed by atoms with Crippen molar-refractivity contribution >= 4 is 0 Å². The lowest BCUT2D eigenvalue weighted by Crippen LogP contribution is -2.44. The number of hydrogen-bond donors (Lipinski definition) is 2. The van der Waals surface area contributed by atoms with Crippen LogP contribution in [0.3, 0.4) is 0 Å². The first-order valence-corrected chi connectivity index (χ1v) is 6.73. The molecular weight excluding hydrogens is 286 g/mol. The molecule has 20 heavy (non-hydrogen) atoms. The van der Waals surface area contributed by atoms with Gasteiger partial charge in [-0.2, -0.15) is 26.3 Å². The van der Waals surface area contributed by atoms with Crippen molar-refractivity contribution in [3.05, 3.63) is 0 Å². The second-order valence-electron chi connectivity index (χ2n) is 5.45. The fraction of sp³-hybridized carbons (Fsp3) is 1.00. The molecule has 0 aliphatic heterocycles. The molecule has 0 aromatic carbocycles. The minimum absolute atomic E-state index is 0.0512. The molecule has 1 saturated carbocycles. The van der Waals surface area contributed by atoms with E-state index in [2.05, 4.69) is 5.43 Å². The standard InChI is InChI=1S/C12H20F6N2/c13-11(14,15)6-2-5-10(20-19)8-3-1-4-9(7-8)12(16,17)18/h8-10,20H,1-7,19H2. The van der Waals surface area contributed by atoms with E-state index in [-0.39, 0.29) is 31.6 Å². The van der Waals surface area contributed by atoms with E-state index in [1.165, 1.54) is 0 Å². The summed E-state index contributed by atoms with van der Waals surface area (Å²) in [6.45, 7) is 0. The van der Waals surface area contributed by atoms with Crippen LogP contribution in [0, 0.1) is 11.8 Å². The van der Waals surface area contributed by atoms with Crippen molar-refractivity contribution in [1.82, 2.24) is 5.43 Å². The molecule has 1 fully saturated rings. The second-order valence-corrected chi connectivity index (χ2v) is 5.45. The molecule has 1 aliphatic carbocycles. The van der Waals surface area contributed by atoms with Crippen LogP contribution in [-0.4, -0.2) is 18.4 Å². The Kier molecular flexibility index (Phi) is 6.12. The molecule has 8 heteroatoms. The van der Waals surface area contributed by atoms with Crippen LogP contribution in [-0.2, 0) is 0 Å². The predicted octanol–water partition coefficient (Wildman–Crippen LogP) is 3.92. The average Bonchev–Trinajstić information content (AvgIpc) is 2.32. The van der Waals surface area contributed by atoms with Gasteiger partial charge in [-0.3, -0.25) is 11.3 Å². The maximum atomic E-state index is 12.7. The van der Waals surface area contributed by atoms with Crippen LogP contribution in [0.25, 0.3) is 0 Å². The number of hydrazine groups is 1. The lowest BCUT2D eigenvalue weighted by molar-refractivity contribution is -0.186. The minimum Gasteiger partial charge on any atom is -0.271 e. The summed E-state index contributed by atoms with van der Waals surface area (Å²) in [5.41, 5.74) is 2.40. The van der Waals surface area contributed by atoms with Crippen LogP contribution in [0.2, 0.25) is 0 Å². The Morgan fingerprint density at radius 2 is 1.75 bits per heavy atom. The zero-order valence-electron chi connectivity index (χ0n) is 11.0. The first kappa shape index (κ1) is 17.6. The third-order valence-electron chi connectivity index (χ3n) is 3.94. The van der Waals surface area contributed by atoms with Crippen LogP contribution < -0.4 is 11.3 Å². The van der Waals surface area contributed by atoms with Crippen LogP contribution >= 0.6 is 0 Å². The van der Waals surface area contributed by atoms with Crippen molar-refractivity contribution < 1.29 is 26.3 Å². The quantitative estimate of drug-likeness (QED) is 0.459. The van der Waals surface area contributed by atoms with Gasteiger partial charge < -0.3 is 0 Å². The molecule has 0 aromatic rings. The Hall–Kier alpha value is -0.500. The highest BCUT2D eigenvalue weighted by Crippen LogP contribution is 2.41. The lowest BCUT2D eigenvalue weighted by atomic mass is 9.76. The van der Waals surface area contributed by atoms with Crippen molar-refractivity contribution in [1.29, 1.82) is 0 Å². The van der Waals surface area contributed by atoms with Gasteiger partial charge in [0, 0.05) is 12.5 Å². The summed E-state index contributed by atoms with van der Waals surface area (Å²) in [7, 11) is 0. The summed E-state index contributed by atoms with van der Waals surface area (Å²) < 4.78 is 74.3. The number of alkyl halides is 6. The average molecular weight is 306 g/mol. The summed E-state index contributed by atoms with van der Waals surface area (Å²) in [5, 5.41) is 0. The van der Waals surface area contributed by atoms with Crippen LogP contribution in [0.4, 0.5) is 26.3 Å². The summed E-state index contributed by atoms with van der Waals surface area (Å²) in [6.07, 6.45) is -8.31. The van der Waals surface area contributed by atoms with Gasteiger partial charge in [-0.05, 0) is 38.0 Å². The Morgan fingerprint density at radius 1 is 1.10 bits per heavy atom. The predicted molar refractivity (Wildman–Crippen MR) is 62.5 cm³/mol. The molecule has 0 saturated heterocycles.